The number of carbonyl (C=O) groups is 5. The maximum Gasteiger partial charge on any atom is 0.326 e. The zero-order chi connectivity index (χ0) is 29.9. The van der Waals surface area contributed by atoms with Gasteiger partial charge >= 0.3 is 11.9 Å². The van der Waals surface area contributed by atoms with E-state index in [2.05, 4.69) is 35.9 Å². The number of carboxylic acids is 2. The number of nitrogens with two attached hydrogens (primary N) is 1. The molecule has 0 aliphatic carbocycles. The fourth-order valence-electron chi connectivity index (χ4n) is 3.82. The Labute approximate surface area is 232 Å². The molecule has 3 amide bonds. The topological polar surface area (TPSA) is 266 Å². The van der Waals surface area contributed by atoms with Crippen molar-refractivity contribution in [2.45, 2.75) is 49.9 Å². The summed E-state index contributed by atoms with van der Waals surface area (Å²) in [6, 6.07) is 0.352. The number of rotatable bonds is 15. The average molecular weight is 571 g/mol. The van der Waals surface area contributed by atoms with Crippen LogP contribution in [0.3, 0.4) is 0 Å². The second-order valence-electron chi connectivity index (χ2n) is 9.16. The van der Waals surface area contributed by atoms with Gasteiger partial charge < -0.3 is 47.0 Å². The number of aromatic nitrogens is 4. The summed E-state index contributed by atoms with van der Waals surface area (Å²) in [4.78, 5) is 75.5. The number of aliphatic carboxylic acids is 2. The maximum atomic E-state index is 13.4. The summed E-state index contributed by atoms with van der Waals surface area (Å²) in [7, 11) is 0. The molecule has 2 heterocycles. The van der Waals surface area contributed by atoms with Crippen molar-refractivity contribution in [1.82, 2.24) is 35.9 Å². The number of carbonyl (C=O) groups excluding carboxylic acids is 3. The summed E-state index contributed by atoms with van der Waals surface area (Å²) in [5.41, 5.74) is 7.10. The van der Waals surface area contributed by atoms with Gasteiger partial charge in [0.15, 0.2) is 0 Å². The Morgan fingerprint density at radius 3 is 1.73 bits per heavy atom. The molecule has 0 spiro atoms. The van der Waals surface area contributed by atoms with Crippen LogP contribution >= 0.6 is 0 Å². The van der Waals surface area contributed by atoms with Crippen LogP contribution in [0.15, 0.2) is 49.3 Å². The standard InChI is InChI=1S/C25H30N8O8/c26-17(8-21(35)36)22(37)31-18(5-13-1-3-16(34)4-2-13)23(38)32-19(6-14-9-27-11-29-14)24(39)33-20(25(40)41)7-15-10-28-12-30-15/h1-4,9-12,17-20,34H,5-8,26H2,(H,27,29)(H,28,30)(H,31,37)(H,32,38)(H,33,39)(H,35,36)(H,40,41). The smallest absolute Gasteiger partial charge is 0.326 e. The van der Waals surface area contributed by atoms with Crippen LogP contribution in [0.1, 0.15) is 23.4 Å². The van der Waals surface area contributed by atoms with E-state index in [1.54, 1.807) is 0 Å². The first-order valence-corrected chi connectivity index (χ1v) is 12.4. The lowest BCUT2D eigenvalue weighted by molar-refractivity contribution is -0.142. The SMILES string of the molecule is NC(CC(=O)O)C(=O)NC(Cc1ccc(O)cc1)C(=O)NC(Cc1cnc[nH]1)C(=O)NC(Cc1cnc[nH]1)C(=O)O. The van der Waals surface area contributed by atoms with E-state index >= 15 is 0 Å². The van der Waals surface area contributed by atoms with Crippen LogP contribution in [-0.4, -0.2) is 89.1 Å². The minimum atomic E-state index is -1.45. The summed E-state index contributed by atoms with van der Waals surface area (Å²) in [6.07, 6.45) is 4.57. The number of hydrogen-bond acceptors (Lipinski definition) is 9. The highest BCUT2D eigenvalue weighted by Crippen LogP contribution is 2.12. The lowest BCUT2D eigenvalue weighted by Crippen LogP contribution is -2.58. The molecule has 16 nitrogen and oxygen atoms in total. The van der Waals surface area contributed by atoms with Crippen LogP contribution in [0, 0.1) is 0 Å². The Balaban J connectivity index is 1.82. The molecule has 0 saturated carbocycles. The fraction of sp³-hybridized carbons (Fsp3) is 0.320. The van der Waals surface area contributed by atoms with Gasteiger partial charge in [-0.2, -0.15) is 0 Å². The van der Waals surface area contributed by atoms with Gasteiger partial charge in [0.2, 0.25) is 17.7 Å². The van der Waals surface area contributed by atoms with Gasteiger partial charge in [0.25, 0.3) is 0 Å². The van der Waals surface area contributed by atoms with Crippen molar-refractivity contribution in [3.8, 4) is 5.75 Å². The largest absolute Gasteiger partial charge is 0.508 e. The number of H-pyrrole nitrogens is 2. The minimum absolute atomic E-state index is 0.0262. The molecule has 0 radical (unpaired) electrons. The summed E-state index contributed by atoms with van der Waals surface area (Å²) in [5, 5.41) is 35.6. The number of aromatic amines is 2. The molecule has 4 atom stereocenters. The lowest BCUT2D eigenvalue weighted by Gasteiger charge is -2.25. The predicted octanol–water partition coefficient (Wildman–Crippen LogP) is -1.79. The van der Waals surface area contributed by atoms with Gasteiger partial charge in [-0.15, -0.1) is 0 Å². The number of phenols is 1. The van der Waals surface area contributed by atoms with E-state index in [-0.39, 0.29) is 25.0 Å². The number of amides is 3. The van der Waals surface area contributed by atoms with Crippen LogP contribution in [0.25, 0.3) is 0 Å². The molecule has 16 heteroatoms. The number of hydrogen-bond donors (Lipinski definition) is 9. The average Bonchev–Trinajstić information content (AvgIpc) is 3.62. The number of carboxylic acid groups (broad SMARTS) is 2. The van der Waals surface area contributed by atoms with Crippen molar-refractivity contribution in [1.29, 1.82) is 0 Å². The molecule has 0 saturated heterocycles. The molecule has 3 rings (SSSR count). The van der Waals surface area contributed by atoms with E-state index in [1.807, 2.05) is 0 Å². The van der Waals surface area contributed by atoms with E-state index in [1.165, 1.54) is 49.3 Å². The highest BCUT2D eigenvalue weighted by Gasteiger charge is 2.31. The number of aromatic hydroxyl groups is 1. The van der Waals surface area contributed by atoms with Gasteiger partial charge in [0.05, 0.1) is 25.1 Å². The highest BCUT2D eigenvalue weighted by atomic mass is 16.4. The van der Waals surface area contributed by atoms with Crippen molar-refractivity contribution >= 4 is 29.7 Å². The van der Waals surface area contributed by atoms with E-state index in [0.717, 1.165) is 0 Å². The quantitative estimate of drug-likeness (QED) is 0.0984. The fourth-order valence-corrected chi connectivity index (χ4v) is 3.82. The number of nitrogens with zero attached hydrogens (tertiary/aromatic N) is 2. The van der Waals surface area contributed by atoms with Crippen LogP contribution < -0.4 is 21.7 Å². The van der Waals surface area contributed by atoms with E-state index < -0.39 is 60.2 Å². The molecule has 1 aromatic carbocycles. The van der Waals surface area contributed by atoms with E-state index in [0.29, 0.717) is 17.0 Å². The van der Waals surface area contributed by atoms with Crippen molar-refractivity contribution < 1.29 is 39.3 Å². The molecule has 0 aliphatic heterocycles. The molecule has 3 aromatic rings. The first kappa shape index (κ1) is 30.3. The van der Waals surface area contributed by atoms with Crippen LogP contribution in [0.2, 0.25) is 0 Å². The summed E-state index contributed by atoms with van der Waals surface area (Å²) < 4.78 is 0. The zero-order valence-corrected chi connectivity index (χ0v) is 21.6. The van der Waals surface area contributed by atoms with Crippen molar-refractivity contribution in [3.63, 3.8) is 0 Å². The summed E-state index contributed by atoms with van der Waals surface area (Å²) in [6.45, 7) is 0. The second kappa shape index (κ2) is 14.2. The second-order valence-corrected chi connectivity index (χ2v) is 9.16. The van der Waals surface area contributed by atoms with E-state index in [9.17, 15) is 34.2 Å². The molecule has 2 aromatic heterocycles. The Morgan fingerprint density at radius 1 is 0.756 bits per heavy atom. The van der Waals surface area contributed by atoms with Gasteiger partial charge in [0.1, 0.15) is 23.9 Å². The van der Waals surface area contributed by atoms with Crippen molar-refractivity contribution in [3.05, 3.63) is 66.3 Å². The molecule has 0 aliphatic rings. The van der Waals surface area contributed by atoms with Gasteiger partial charge in [-0.3, -0.25) is 19.2 Å². The summed E-state index contributed by atoms with van der Waals surface area (Å²) in [5.74, 6) is -5.21. The monoisotopic (exact) mass is 570 g/mol. The van der Waals surface area contributed by atoms with Gasteiger partial charge in [-0.25, -0.2) is 14.8 Å². The summed E-state index contributed by atoms with van der Waals surface area (Å²) >= 11 is 0. The molecular weight excluding hydrogens is 540 g/mol. The molecule has 0 bridgehead atoms. The number of benzene rings is 1. The highest BCUT2D eigenvalue weighted by molar-refractivity contribution is 5.95. The lowest BCUT2D eigenvalue weighted by atomic mass is 10.0. The third-order valence-corrected chi connectivity index (χ3v) is 5.95. The van der Waals surface area contributed by atoms with Crippen LogP contribution in [-0.2, 0) is 43.2 Å². The van der Waals surface area contributed by atoms with Crippen molar-refractivity contribution in [2.75, 3.05) is 0 Å². The third-order valence-electron chi connectivity index (χ3n) is 5.95. The first-order valence-electron chi connectivity index (χ1n) is 12.4. The van der Waals surface area contributed by atoms with Crippen LogP contribution in [0.4, 0.5) is 0 Å². The van der Waals surface area contributed by atoms with Crippen LogP contribution in [0.5, 0.6) is 5.75 Å². The molecule has 218 valence electrons. The van der Waals surface area contributed by atoms with Crippen molar-refractivity contribution in [2.24, 2.45) is 5.73 Å². The third kappa shape index (κ3) is 9.47. The van der Waals surface area contributed by atoms with Gasteiger partial charge in [-0.05, 0) is 17.7 Å². The maximum absolute atomic E-state index is 13.4. The Bertz CT molecular complexity index is 1330. The van der Waals surface area contributed by atoms with Gasteiger partial charge in [-0.1, -0.05) is 12.1 Å². The first-order chi connectivity index (χ1) is 19.5. The number of phenolic OH excluding ortho intramolecular Hbond substituents is 1. The molecular formula is C25H30N8O8. The minimum Gasteiger partial charge on any atom is -0.508 e. The molecule has 0 fully saturated rings. The van der Waals surface area contributed by atoms with E-state index in [4.69, 9.17) is 10.8 Å². The zero-order valence-electron chi connectivity index (χ0n) is 21.6. The Morgan fingerprint density at radius 2 is 1.24 bits per heavy atom. The number of imidazole rings is 2. The molecule has 10 N–H and O–H groups in total. The Hall–Kier alpha value is -5.25. The molecule has 41 heavy (non-hydrogen) atoms. The normalized spacial score (nSPS) is 13.8. The Kier molecular flexibility index (Phi) is 10.5. The van der Waals surface area contributed by atoms with Gasteiger partial charge in [0, 0.05) is 43.0 Å². The number of nitrogens with one attached hydrogen (secondary N) is 5. The molecule has 4 unspecified atom stereocenters. The predicted molar refractivity (Wildman–Crippen MR) is 140 cm³/mol.